The van der Waals surface area contributed by atoms with E-state index in [1.807, 2.05) is 0 Å². The van der Waals surface area contributed by atoms with Crippen LogP contribution in [0.4, 0.5) is 4.79 Å². The highest BCUT2D eigenvalue weighted by atomic mass is 79.9. The lowest BCUT2D eigenvalue weighted by Gasteiger charge is -2.11. The quantitative estimate of drug-likeness (QED) is 0.219. The van der Waals surface area contributed by atoms with Gasteiger partial charge in [-0.15, -0.1) is 0 Å². The van der Waals surface area contributed by atoms with Crippen molar-refractivity contribution in [2.45, 2.75) is 6.61 Å². The molecule has 4 rings (SSSR count). The highest BCUT2D eigenvalue weighted by molar-refractivity contribution is 9.10. The van der Waals surface area contributed by atoms with Crippen LogP contribution in [0, 0.1) is 0 Å². The summed E-state index contributed by atoms with van der Waals surface area (Å²) in [5, 5.41) is 0.611. The number of hydrogen-bond acceptors (Lipinski definition) is 5. The zero-order valence-electron chi connectivity index (χ0n) is 17.5. The van der Waals surface area contributed by atoms with Gasteiger partial charge in [0, 0.05) is 25.6 Å². The maximum Gasteiger partial charge on any atom is 0.293 e. The Balaban J connectivity index is 1.39. The number of rotatable bonds is 7. The van der Waals surface area contributed by atoms with Crippen molar-refractivity contribution in [1.29, 1.82) is 0 Å². The van der Waals surface area contributed by atoms with Crippen molar-refractivity contribution in [3.63, 3.8) is 0 Å². The molecule has 1 fully saturated rings. The summed E-state index contributed by atoms with van der Waals surface area (Å²) in [4.78, 5) is 38.8. The van der Waals surface area contributed by atoms with Crippen molar-refractivity contribution in [3.05, 3.63) is 103 Å². The summed E-state index contributed by atoms with van der Waals surface area (Å²) in [6, 6.07) is 19.0. The first-order valence-corrected chi connectivity index (χ1v) is 12.4. The zero-order valence-corrected chi connectivity index (χ0v) is 21.4. The predicted molar refractivity (Wildman–Crippen MR) is 138 cm³/mol. The maximum atomic E-state index is 12.7. The molecule has 0 aromatic heterocycles. The van der Waals surface area contributed by atoms with Gasteiger partial charge in [0.05, 0.1) is 11.4 Å². The third-order valence-electron chi connectivity index (χ3n) is 4.93. The number of carbonyl (C=O) groups is 3. The molecule has 3 aromatic rings. The standard InChI is InChI=1S/C25H16BrCl2NO4S/c26-18-6-3-16(4-7-18)22(30)13-29-24(31)23(34-25(29)32)11-15-1-9-20(10-2-15)33-14-17-5-8-19(27)12-21(17)28/h1-12H,13-14H2/b23-11+. The smallest absolute Gasteiger partial charge is 0.293 e. The van der Waals surface area contributed by atoms with Gasteiger partial charge in [0.1, 0.15) is 12.4 Å². The lowest BCUT2D eigenvalue weighted by molar-refractivity contribution is -0.122. The van der Waals surface area contributed by atoms with Crippen LogP contribution in [0.25, 0.3) is 6.08 Å². The van der Waals surface area contributed by atoms with Gasteiger partial charge in [0.15, 0.2) is 5.78 Å². The Bertz CT molecular complexity index is 1290. The van der Waals surface area contributed by atoms with Crippen LogP contribution in [0.15, 0.2) is 76.1 Å². The van der Waals surface area contributed by atoms with Crippen molar-refractivity contribution in [3.8, 4) is 5.75 Å². The van der Waals surface area contributed by atoms with Crippen molar-refractivity contribution in [2.75, 3.05) is 6.54 Å². The number of benzene rings is 3. The summed E-state index contributed by atoms with van der Waals surface area (Å²) in [6.45, 7) is -0.0235. The number of thioether (sulfide) groups is 1. The van der Waals surface area contributed by atoms with Crippen molar-refractivity contribution in [1.82, 2.24) is 4.90 Å². The Morgan fingerprint density at radius 2 is 1.71 bits per heavy atom. The second-order valence-electron chi connectivity index (χ2n) is 7.29. The Morgan fingerprint density at radius 3 is 2.38 bits per heavy atom. The molecule has 0 radical (unpaired) electrons. The molecular weight excluding hydrogens is 561 g/mol. The molecule has 0 spiro atoms. The molecule has 0 unspecified atom stereocenters. The molecule has 1 aliphatic heterocycles. The van der Waals surface area contributed by atoms with Gasteiger partial charge < -0.3 is 4.74 Å². The van der Waals surface area contributed by atoms with Gasteiger partial charge in [0.25, 0.3) is 11.1 Å². The van der Waals surface area contributed by atoms with Gasteiger partial charge in [0.2, 0.25) is 0 Å². The molecule has 0 bridgehead atoms. The molecule has 0 saturated carbocycles. The van der Waals surface area contributed by atoms with E-state index in [1.54, 1.807) is 72.8 Å². The van der Waals surface area contributed by atoms with Crippen LogP contribution >= 0.6 is 50.9 Å². The summed E-state index contributed by atoms with van der Waals surface area (Å²) < 4.78 is 6.60. The van der Waals surface area contributed by atoms with E-state index in [-0.39, 0.29) is 23.8 Å². The lowest BCUT2D eigenvalue weighted by atomic mass is 10.1. The van der Waals surface area contributed by atoms with Crippen molar-refractivity contribution < 1.29 is 19.1 Å². The number of hydrogen-bond donors (Lipinski definition) is 0. The van der Waals surface area contributed by atoms with Gasteiger partial charge in [-0.3, -0.25) is 19.3 Å². The molecule has 34 heavy (non-hydrogen) atoms. The number of carbonyl (C=O) groups excluding carboxylic acids is 3. The number of ether oxygens (including phenoxy) is 1. The first kappa shape index (κ1) is 24.5. The number of nitrogens with zero attached hydrogens (tertiary/aromatic N) is 1. The fourth-order valence-electron chi connectivity index (χ4n) is 3.12. The van der Waals surface area contributed by atoms with Gasteiger partial charge in [-0.2, -0.15) is 0 Å². The average molecular weight is 577 g/mol. The van der Waals surface area contributed by atoms with E-state index in [0.29, 0.717) is 21.4 Å². The number of ketones is 1. The Kier molecular flexibility index (Phi) is 7.78. The lowest BCUT2D eigenvalue weighted by Crippen LogP contribution is -2.33. The van der Waals surface area contributed by atoms with Crippen LogP contribution in [0.2, 0.25) is 10.0 Å². The summed E-state index contributed by atoms with van der Waals surface area (Å²) in [6.07, 6.45) is 1.62. The van der Waals surface area contributed by atoms with E-state index < -0.39 is 11.1 Å². The van der Waals surface area contributed by atoms with E-state index in [2.05, 4.69) is 15.9 Å². The summed E-state index contributed by atoms with van der Waals surface area (Å²) in [5.41, 5.74) is 1.96. The van der Waals surface area contributed by atoms with E-state index in [1.165, 1.54) is 0 Å². The summed E-state index contributed by atoms with van der Waals surface area (Å²) in [5.74, 6) is -0.173. The molecule has 1 saturated heterocycles. The molecule has 9 heteroatoms. The minimum absolute atomic E-state index is 0.259. The Hall–Kier alpha value is -2.58. The fourth-order valence-corrected chi connectivity index (χ4v) is 4.68. The van der Waals surface area contributed by atoms with Crippen LogP contribution in [0.3, 0.4) is 0 Å². The summed E-state index contributed by atoms with van der Waals surface area (Å²) in [7, 11) is 0. The molecule has 2 amide bonds. The molecule has 3 aromatic carbocycles. The zero-order chi connectivity index (χ0) is 24.2. The van der Waals surface area contributed by atoms with Crippen LogP contribution < -0.4 is 4.74 Å². The highest BCUT2D eigenvalue weighted by Crippen LogP contribution is 2.32. The molecule has 0 N–H and O–H groups in total. The monoisotopic (exact) mass is 575 g/mol. The van der Waals surface area contributed by atoms with Crippen molar-refractivity contribution >= 4 is 73.9 Å². The minimum atomic E-state index is -0.488. The second kappa shape index (κ2) is 10.8. The molecule has 1 aliphatic rings. The van der Waals surface area contributed by atoms with Crippen molar-refractivity contribution in [2.24, 2.45) is 0 Å². The molecule has 172 valence electrons. The number of amides is 2. The largest absolute Gasteiger partial charge is 0.489 e. The number of Topliss-reactive ketones (excluding diaryl/α,β-unsaturated/α-hetero) is 1. The van der Waals surface area contributed by atoms with Crippen LogP contribution in [0.1, 0.15) is 21.5 Å². The topological polar surface area (TPSA) is 63.7 Å². The average Bonchev–Trinajstić information content (AvgIpc) is 3.07. The fraction of sp³-hybridized carbons (Fsp3) is 0.0800. The molecule has 0 aliphatic carbocycles. The second-order valence-corrected chi connectivity index (χ2v) is 10.0. The first-order valence-electron chi connectivity index (χ1n) is 10.0. The third-order valence-corrected chi connectivity index (χ3v) is 6.95. The molecule has 0 atom stereocenters. The number of imide groups is 1. The van der Waals surface area contributed by atoms with Gasteiger partial charge in [-0.05, 0) is 59.8 Å². The van der Waals surface area contributed by atoms with E-state index in [0.717, 1.165) is 32.3 Å². The Labute approximate surface area is 218 Å². The molecule has 1 heterocycles. The Morgan fingerprint density at radius 1 is 1.00 bits per heavy atom. The van der Waals surface area contributed by atoms with E-state index in [4.69, 9.17) is 27.9 Å². The third kappa shape index (κ3) is 5.91. The van der Waals surface area contributed by atoms with Crippen LogP contribution in [0.5, 0.6) is 5.75 Å². The summed E-state index contributed by atoms with van der Waals surface area (Å²) >= 11 is 16.2. The van der Waals surface area contributed by atoms with Crippen LogP contribution in [-0.4, -0.2) is 28.4 Å². The highest BCUT2D eigenvalue weighted by Gasteiger charge is 2.36. The molecular formula is C25H16BrCl2NO4S. The minimum Gasteiger partial charge on any atom is -0.489 e. The maximum absolute atomic E-state index is 12.7. The normalized spacial score (nSPS) is 14.7. The van der Waals surface area contributed by atoms with E-state index in [9.17, 15) is 14.4 Å². The van der Waals surface area contributed by atoms with Crippen LogP contribution in [-0.2, 0) is 11.4 Å². The molecule has 5 nitrogen and oxygen atoms in total. The van der Waals surface area contributed by atoms with Gasteiger partial charge in [-0.1, -0.05) is 69.5 Å². The SMILES string of the molecule is O=C(CN1C(=O)S/C(=C/c2ccc(OCc3ccc(Cl)cc3Cl)cc2)C1=O)c1ccc(Br)cc1. The van der Waals surface area contributed by atoms with E-state index >= 15 is 0 Å². The first-order chi connectivity index (χ1) is 16.3. The predicted octanol–water partition coefficient (Wildman–Crippen LogP) is 7.25. The number of halogens is 3. The van der Waals surface area contributed by atoms with Gasteiger partial charge >= 0.3 is 0 Å². The van der Waals surface area contributed by atoms with Gasteiger partial charge in [-0.25, -0.2) is 0 Å².